The van der Waals surface area contributed by atoms with Crippen molar-refractivity contribution in [2.75, 3.05) is 6.54 Å². The molecule has 138 valence electrons. The molecule has 2 atom stereocenters. The first-order valence-electron chi connectivity index (χ1n) is 8.61. The second kappa shape index (κ2) is 7.65. The minimum absolute atomic E-state index is 0.00370. The lowest BCUT2D eigenvalue weighted by Gasteiger charge is -2.41. The number of nitrogens with one attached hydrogen (secondary N) is 1. The highest BCUT2D eigenvalue weighted by atomic mass is 35.5. The van der Waals surface area contributed by atoms with E-state index in [1.54, 1.807) is 4.90 Å². The maximum atomic E-state index is 12.6. The van der Waals surface area contributed by atoms with E-state index in [4.69, 9.17) is 16.3 Å². The molecule has 1 saturated heterocycles. The quantitative estimate of drug-likeness (QED) is 0.888. The van der Waals surface area contributed by atoms with Crippen molar-refractivity contribution in [3.05, 3.63) is 34.9 Å². The summed E-state index contributed by atoms with van der Waals surface area (Å²) in [6.45, 7) is 9.76. The Labute approximate surface area is 154 Å². The number of hydrogen-bond donors (Lipinski definition) is 1. The molecule has 0 unspecified atom stereocenters. The van der Waals surface area contributed by atoms with Gasteiger partial charge in [-0.25, -0.2) is 4.79 Å². The molecule has 1 heterocycles. The molecule has 0 aliphatic carbocycles. The van der Waals surface area contributed by atoms with Crippen LogP contribution in [0.5, 0.6) is 0 Å². The molecule has 1 aromatic rings. The summed E-state index contributed by atoms with van der Waals surface area (Å²) in [5.41, 5.74) is 0.458. The minimum atomic E-state index is -0.599. The van der Waals surface area contributed by atoms with Crippen LogP contribution in [0.2, 0.25) is 5.02 Å². The Morgan fingerprint density at radius 3 is 2.44 bits per heavy atom. The van der Waals surface area contributed by atoms with E-state index < -0.39 is 17.7 Å². The molecule has 2 amide bonds. The van der Waals surface area contributed by atoms with Gasteiger partial charge in [-0.05, 0) is 50.8 Å². The van der Waals surface area contributed by atoms with Crippen LogP contribution < -0.4 is 5.32 Å². The fourth-order valence-electron chi connectivity index (χ4n) is 3.02. The molecule has 2 rings (SSSR count). The molecule has 1 fully saturated rings. The largest absolute Gasteiger partial charge is 0.444 e. The van der Waals surface area contributed by atoms with Crippen LogP contribution in [0.4, 0.5) is 4.79 Å². The van der Waals surface area contributed by atoms with Gasteiger partial charge in [0, 0.05) is 11.6 Å². The van der Waals surface area contributed by atoms with Crippen LogP contribution in [-0.4, -0.2) is 41.1 Å². The lowest BCUT2D eigenvalue weighted by molar-refractivity contribution is -0.132. The predicted molar refractivity (Wildman–Crippen MR) is 98.7 cm³/mol. The van der Waals surface area contributed by atoms with Gasteiger partial charge in [0.1, 0.15) is 11.6 Å². The first-order chi connectivity index (χ1) is 11.6. The maximum absolute atomic E-state index is 12.6. The normalized spacial score (nSPS) is 21.2. The number of halogens is 1. The summed E-state index contributed by atoms with van der Waals surface area (Å²) in [4.78, 5) is 26.8. The van der Waals surface area contributed by atoms with Crippen LogP contribution in [0.3, 0.4) is 0 Å². The van der Waals surface area contributed by atoms with Crippen LogP contribution in [-0.2, 0) is 16.0 Å². The zero-order valence-corrected chi connectivity index (χ0v) is 16.3. The first kappa shape index (κ1) is 19.6. The summed E-state index contributed by atoms with van der Waals surface area (Å²) in [6.07, 6.45) is 0.190. The Morgan fingerprint density at radius 2 is 1.92 bits per heavy atom. The van der Waals surface area contributed by atoms with Gasteiger partial charge in [-0.3, -0.25) is 9.69 Å². The van der Waals surface area contributed by atoms with E-state index in [0.29, 0.717) is 18.0 Å². The van der Waals surface area contributed by atoms with E-state index in [9.17, 15) is 9.59 Å². The number of ether oxygens (including phenoxy) is 1. The molecular formula is C19H27ClN2O3. The number of benzene rings is 1. The fourth-order valence-corrected chi connectivity index (χ4v) is 3.14. The molecule has 6 heteroatoms. The summed E-state index contributed by atoms with van der Waals surface area (Å²) in [6, 6.07) is 6.84. The van der Waals surface area contributed by atoms with Crippen LogP contribution in [0, 0.1) is 5.92 Å². The molecule has 0 radical (unpaired) electrons. The van der Waals surface area contributed by atoms with Crippen molar-refractivity contribution in [1.82, 2.24) is 10.2 Å². The van der Waals surface area contributed by atoms with Crippen LogP contribution in [0.1, 0.15) is 40.2 Å². The Hall–Kier alpha value is -1.75. The van der Waals surface area contributed by atoms with Gasteiger partial charge in [-0.2, -0.15) is 0 Å². The highest BCUT2D eigenvalue weighted by Crippen LogP contribution is 2.22. The summed E-state index contributed by atoms with van der Waals surface area (Å²) in [7, 11) is 0. The van der Waals surface area contributed by atoms with Crippen molar-refractivity contribution < 1.29 is 14.3 Å². The van der Waals surface area contributed by atoms with Gasteiger partial charge in [0.25, 0.3) is 0 Å². The second-order valence-electron chi connectivity index (χ2n) is 7.86. The van der Waals surface area contributed by atoms with E-state index >= 15 is 0 Å². The van der Waals surface area contributed by atoms with Crippen LogP contribution >= 0.6 is 11.6 Å². The molecular weight excluding hydrogens is 340 g/mol. The molecule has 0 bridgehead atoms. The zero-order valence-electron chi connectivity index (χ0n) is 15.5. The smallest absolute Gasteiger partial charge is 0.411 e. The van der Waals surface area contributed by atoms with E-state index in [1.165, 1.54) is 0 Å². The van der Waals surface area contributed by atoms with E-state index in [2.05, 4.69) is 5.32 Å². The number of rotatable bonds is 3. The van der Waals surface area contributed by atoms with Crippen LogP contribution in [0.25, 0.3) is 0 Å². The average Bonchev–Trinajstić information content (AvgIpc) is 2.46. The van der Waals surface area contributed by atoms with Crippen molar-refractivity contribution >= 4 is 23.6 Å². The third-order valence-corrected chi connectivity index (χ3v) is 4.27. The molecule has 5 nitrogen and oxygen atoms in total. The fraction of sp³-hybridized carbons (Fsp3) is 0.579. The van der Waals surface area contributed by atoms with Gasteiger partial charge >= 0.3 is 6.09 Å². The summed E-state index contributed by atoms with van der Waals surface area (Å²) < 4.78 is 5.51. The van der Waals surface area contributed by atoms with Gasteiger partial charge in [-0.1, -0.05) is 37.6 Å². The van der Waals surface area contributed by atoms with Gasteiger partial charge in [0.05, 0.1) is 6.04 Å². The number of amides is 2. The second-order valence-corrected chi connectivity index (χ2v) is 8.29. The predicted octanol–water partition coefficient (Wildman–Crippen LogP) is 3.64. The number of hydrogen-bond acceptors (Lipinski definition) is 3. The lowest BCUT2D eigenvalue weighted by atomic mass is 9.95. The highest BCUT2D eigenvalue weighted by molar-refractivity contribution is 6.30. The SMILES string of the molecule is CC(C)[C@H]1C(=O)N[C@@H](Cc2ccc(Cl)cc2)CN1C(=O)OC(C)(C)C. The molecule has 0 saturated carbocycles. The van der Waals surface area contributed by atoms with Crippen molar-refractivity contribution in [2.24, 2.45) is 5.92 Å². The number of piperazine rings is 1. The Kier molecular flexibility index (Phi) is 5.99. The van der Waals surface area contributed by atoms with Crippen molar-refractivity contribution in [3.63, 3.8) is 0 Å². The van der Waals surface area contributed by atoms with Crippen molar-refractivity contribution in [3.8, 4) is 0 Å². The molecule has 0 spiro atoms. The molecule has 1 aliphatic heterocycles. The maximum Gasteiger partial charge on any atom is 0.411 e. The van der Waals surface area contributed by atoms with E-state index in [0.717, 1.165) is 5.56 Å². The van der Waals surface area contributed by atoms with Crippen LogP contribution in [0.15, 0.2) is 24.3 Å². The molecule has 0 aromatic heterocycles. The lowest BCUT2D eigenvalue weighted by Crippen LogP contribution is -2.64. The number of carbonyl (C=O) groups is 2. The third kappa shape index (κ3) is 5.36. The van der Waals surface area contributed by atoms with Gasteiger partial charge in [0.2, 0.25) is 5.91 Å². The molecule has 1 aliphatic rings. The topological polar surface area (TPSA) is 58.6 Å². The number of nitrogens with zero attached hydrogens (tertiary/aromatic N) is 1. The number of carbonyl (C=O) groups excluding carboxylic acids is 2. The van der Waals surface area contributed by atoms with E-state index in [-0.39, 0.29) is 17.9 Å². The minimum Gasteiger partial charge on any atom is -0.444 e. The Morgan fingerprint density at radius 1 is 1.32 bits per heavy atom. The molecule has 1 N–H and O–H groups in total. The van der Waals surface area contributed by atoms with E-state index in [1.807, 2.05) is 58.9 Å². The Bertz CT molecular complexity index is 623. The molecule has 25 heavy (non-hydrogen) atoms. The summed E-state index contributed by atoms with van der Waals surface area (Å²) >= 11 is 5.92. The van der Waals surface area contributed by atoms with Gasteiger partial charge < -0.3 is 10.1 Å². The highest BCUT2D eigenvalue weighted by Gasteiger charge is 2.40. The zero-order chi connectivity index (χ0) is 18.8. The summed E-state index contributed by atoms with van der Waals surface area (Å²) in [5, 5.41) is 3.71. The molecule has 1 aromatic carbocycles. The standard InChI is InChI=1S/C19H27ClN2O3/c1-12(2)16-17(23)21-15(10-13-6-8-14(20)9-7-13)11-22(16)18(24)25-19(3,4)5/h6-9,12,15-16H,10-11H2,1-5H3,(H,21,23)/t15-,16-/m0/s1. The average molecular weight is 367 g/mol. The van der Waals surface area contributed by atoms with Gasteiger partial charge in [0.15, 0.2) is 0 Å². The van der Waals surface area contributed by atoms with Crippen molar-refractivity contribution in [2.45, 2.75) is 58.7 Å². The third-order valence-electron chi connectivity index (χ3n) is 4.02. The monoisotopic (exact) mass is 366 g/mol. The van der Waals surface area contributed by atoms with Gasteiger partial charge in [-0.15, -0.1) is 0 Å². The first-order valence-corrected chi connectivity index (χ1v) is 8.99. The summed E-state index contributed by atoms with van der Waals surface area (Å²) in [5.74, 6) is -0.130. The Balaban J connectivity index is 2.16. The van der Waals surface area contributed by atoms with Crippen molar-refractivity contribution in [1.29, 1.82) is 0 Å².